The number of aliphatic hydroxyl groups is 1. The van der Waals surface area contributed by atoms with Crippen LogP contribution >= 0.6 is 0 Å². The van der Waals surface area contributed by atoms with Crippen molar-refractivity contribution in [3.8, 4) is 0 Å². The van der Waals surface area contributed by atoms with Gasteiger partial charge in [-0.25, -0.2) is 4.99 Å². The summed E-state index contributed by atoms with van der Waals surface area (Å²) in [6.07, 6.45) is 2.36. The fourth-order valence-corrected chi connectivity index (χ4v) is 3.08. The highest BCUT2D eigenvalue weighted by Gasteiger charge is 2.30. The van der Waals surface area contributed by atoms with Gasteiger partial charge in [0.05, 0.1) is 12.1 Å². The third kappa shape index (κ3) is 3.25. The Morgan fingerprint density at radius 1 is 1.36 bits per heavy atom. The second-order valence-electron chi connectivity index (χ2n) is 6.04. The van der Waals surface area contributed by atoms with E-state index in [-0.39, 0.29) is 0 Å². The molecule has 0 spiro atoms. The van der Waals surface area contributed by atoms with E-state index in [1.54, 1.807) is 0 Å². The zero-order valence-electron chi connectivity index (χ0n) is 13.2. The Morgan fingerprint density at radius 3 is 2.91 bits per heavy atom. The molecule has 2 N–H and O–H groups in total. The van der Waals surface area contributed by atoms with Crippen LogP contribution in [-0.2, 0) is 11.2 Å². The summed E-state index contributed by atoms with van der Waals surface area (Å²) in [5, 5.41) is 13.9. The number of hydrogen-bond donors (Lipinski definition) is 2. The molecule has 22 heavy (non-hydrogen) atoms. The minimum absolute atomic E-state index is 0.428. The molecule has 2 aliphatic rings. The van der Waals surface area contributed by atoms with Gasteiger partial charge in [0.15, 0.2) is 5.96 Å². The maximum atomic E-state index is 10.6. The Morgan fingerprint density at radius 2 is 2.14 bits per heavy atom. The molecule has 1 aromatic rings. The van der Waals surface area contributed by atoms with Crippen molar-refractivity contribution >= 4 is 11.6 Å². The van der Waals surface area contributed by atoms with E-state index in [4.69, 9.17) is 9.73 Å². The number of benzene rings is 1. The van der Waals surface area contributed by atoms with Gasteiger partial charge in [-0.05, 0) is 25.0 Å². The molecule has 0 bridgehead atoms. The number of rotatable bonds is 3. The highest BCUT2D eigenvalue weighted by Crippen LogP contribution is 2.28. The first-order valence-electron chi connectivity index (χ1n) is 8.16. The summed E-state index contributed by atoms with van der Waals surface area (Å²) in [5.41, 5.74) is 1.86. The van der Waals surface area contributed by atoms with E-state index in [0.717, 1.165) is 25.5 Å². The van der Waals surface area contributed by atoms with Gasteiger partial charge in [-0.3, -0.25) is 0 Å². The van der Waals surface area contributed by atoms with Crippen LogP contribution in [-0.4, -0.2) is 49.5 Å². The second-order valence-corrected chi connectivity index (χ2v) is 6.04. The third-order valence-electron chi connectivity index (χ3n) is 4.42. The van der Waals surface area contributed by atoms with E-state index in [2.05, 4.69) is 41.4 Å². The molecule has 1 fully saturated rings. The summed E-state index contributed by atoms with van der Waals surface area (Å²) in [7, 11) is 0. The number of guanidine groups is 1. The molecule has 0 aliphatic carbocycles. The van der Waals surface area contributed by atoms with E-state index >= 15 is 0 Å². The number of nitrogens with zero attached hydrogens (tertiary/aromatic N) is 2. The maximum absolute atomic E-state index is 10.6. The number of hydrogen-bond acceptors (Lipinski definition) is 3. The Balaban J connectivity index is 1.77. The first-order chi connectivity index (χ1) is 10.7. The number of aliphatic imine (C=N–C) groups is 1. The van der Waals surface area contributed by atoms with Crippen molar-refractivity contribution in [1.29, 1.82) is 0 Å². The fourth-order valence-electron chi connectivity index (χ4n) is 3.08. The summed E-state index contributed by atoms with van der Waals surface area (Å²) < 4.78 is 5.33. The molecule has 5 nitrogen and oxygen atoms in total. The van der Waals surface area contributed by atoms with E-state index in [1.807, 2.05) is 0 Å². The molecule has 0 radical (unpaired) electrons. The maximum Gasteiger partial charge on any atom is 0.198 e. The van der Waals surface area contributed by atoms with Crippen LogP contribution in [0.1, 0.15) is 25.3 Å². The van der Waals surface area contributed by atoms with Gasteiger partial charge >= 0.3 is 0 Å². The molecule has 0 aromatic heterocycles. The second kappa shape index (κ2) is 6.67. The van der Waals surface area contributed by atoms with Crippen molar-refractivity contribution in [3.63, 3.8) is 0 Å². The Labute approximate surface area is 132 Å². The normalized spacial score (nSPS) is 20.8. The van der Waals surface area contributed by atoms with Gasteiger partial charge in [0.2, 0.25) is 0 Å². The molecule has 0 amide bonds. The summed E-state index contributed by atoms with van der Waals surface area (Å²) >= 11 is 0. The van der Waals surface area contributed by atoms with Crippen LogP contribution in [0.15, 0.2) is 29.3 Å². The Bertz CT molecular complexity index is 538. The van der Waals surface area contributed by atoms with Gasteiger partial charge in [0.1, 0.15) is 0 Å². The fraction of sp³-hybridized carbons (Fsp3) is 0.588. The van der Waals surface area contributed by atoms with Crippen molar-refractivity contribution in [2.75, 3.05) is 37.7 Å². The van der Waals surface area contributed by atoms with Crippen molar-refractivity contribution in [3.05, 3.63) is 29.8 Å². The molecule has 0 unspecified atom stereocenters. The SMILES string of the molecule is CCNC(=NCC1(O)CCOCC1)N1CCc2ccccc21. The molecule has 1 aromatic carbocycles. The van der Waals surface area contributed by atoms with Gasteiger partial charge in [-0.1, -0.05) is 18.2 Å². The van der Waals surface area contributed by atoms with Crippen LogP contribution in [0.2, 0.25) is 0 Å². The van der Waals surface area contributed by atoms with Crippen LogP contribution in [0.5, 0.6) is 0 Å². The van der Waals surface area contributed by atoms with Gasteiger partial charge in [-0.2, -0.15) is 0 Å². The molecular formula is C17H25N3O2. The number of para-hydroxylation sites is 1. The first kappa shape index (κ1) is 15.3. The van der Waals surface area contributed by atoms with E-state index < -0.39 is 5.60 Å². The van der Waals surface area contributed by atoms with Crippen LogP contribution in [0, 0.1) is 0 Å². The Kier molecular flexibility index (Phi) is 4.64. The monoisotopic (exact) mass is 303 g/mol. The lowest BCUT2D eigenvalue weighted by Gasteiger charge is -2.31. The summed E-state index contributed by atoms with van der Waals surface area (Å²) in [4.78, 5) is 6.94. The number of nitrogens with one attached hydrogen (secondary N) is 1. The van der Waals surface area contributed by atoms with Gasteiger partial charge in [0.25, 0.3) is 0 Å². The lowest BCUT2D eigenvalue weighted by Crippen LogP contribution is -2.44. The van der Waals surface area contributed by atoms with Crippen LogP contribution < -0.4 is 10.2 Å². The molecule has 2 aliphatic heterocycles. The highest BCUT2D eigenvalue weighted by atomic mass is 16.5. The third-order valence-corrected chi connectivity index (χ3v) is 4.42. The Hall–Kier alpha value is -1.59. The predicted molar refractivity (Wildman–Crippen MR) is 88.5 cm³/mol. The predicted octanol–water partition coefficient (Wildman–Crippen LogP) is 1.56. The molecule has 2 heterocycles. The quantitative estimate of drug-likeness (QED) is 0.657. The van der Waals surface area contributed by atoms with E-state index in [0.29, 0.717) is 32.6 Å². The van der Waals surface area contributed by atoms with Crippen molar-refractivity contribution in [1.82, 2.24) is 5.32 Å². The molecule has 0 saturated carbocycles. The number of ether oxygens (including phenoxy) is 1. The minimum atomic E-state index is -0.724. The first-order valence-corrected chi connectivity index (χ1v) is 8.16. The van der Waals surface area contributed by atoms with Crippen LogP contribution in [0.4, 0.5) is 5.69 Å². The molecular weight excluding hydrogens is 278 g/mol. The molecule has 0 atom stereocenters. The molecule has 1 saturated heterocycles. The van der Waals surface area contributed by atoms with Gasteiger partial charge in [0, 0.05) is 44.8 Å². The van der Waals surface area contributed by atoms with Crippen LogP contribution in [0.3, 0.4) is 0 Å². The average Bonchev–Trinajstić information content (AvgIpc) is 2.96. The molecule has 120 valence electrons. The number of fused-ring (bicyclic) bond motifs is 1. The van der Waals surface area contributed by atoms with Gasteiger partial charge < -0.3 is 20.1 Å². The minimum Gasteiger partial charge on any atom is -0.388 e. The standard InChI is InChI=1S/C17H25N3O2/c1-2-18-16(19-13-17(21)8-11-22-12-9-17)20-10-7-14-5-3-4-6-15(14)20/h3-6,21H,2,7-13H2,1H3,(H,18,19). The van der Waals surface area contributed by atoms with Gasteiger partial charge in [-0.15, -0.1) is 0 Å². The smallest absolute Gasteiger partial charge is 0.198 e. The topological polar surface area (TPSA) is 57.1 Å². The molecule has 3 rings (SSSR count). The highest BCUT2D eigenvalue weighted by molar-refractivity contribution is 5.98. The number of anilines is 1. The van der Waals surface area contributed by atoms with Crippen molar-refractivity contribution < 1.29 is 9.84 Å². The largest absolute Gasteiger partial charge is 0.388 e. The van der Waals surface area contributed by atoms with Crippen molar-refractivity contribution in [2.24, 2.45) is 4.99 Å². The lowest BCUT2D eigenvalue weighted by molar-refractivity contribution is -0.0565. The summed E-state index contributed by atoms with van der Waals surface area (Å²) in [5.74, 6) is 0.868. The summed E-state index contributed by atoms with van der Waals surface area (Å²) in [6, 6.07) is 8.45. The average molecular weight is 303 g/mol. The summed E-state index contributed by atoms with van der Waals surface area (Å²) in [6.45, 7) is 5.49. The zero-order valence-corrected chi connectivity index (χ0v) is 13.2. The van der Waals surface area contributed by atoms with E-state index in [9.17, 15) is 5.11 Å². The van der Waals surface area contributed by atoms with Crippen molar-refractivity contribution in [2.45, 2.75) is 31.8 Å². The lowest BCUT2D eigenvalue weighted by atomic mass is 9.95. The zero-order chi connectivity index (χ0) is 15.4. The molecule has 5 heteroatoms. The van der Waals surface area contributed by atoms with E-state index in [1.165, 1.54) is 11.3 Å². The van der Waals surface area contributed by atoms with Crippen LogP contribution in [0.25, 0.3) is 0 Å².